The average Bonchev–Trinajstić information content (AvgIpc) is 2.14. The minimum absolute atomic E-state index is 0.0310. The van der Waals surface area contributed by atoms with Crippen LogP contribution in [-0.4, -0.2) is 34.0 Å². The van der Waals surface area contributed by atoms with Gasteiger partial charge in [-0.1, -0.05) is 21.6 Å². The van der Waals surface area contributed by atoms with Crippen molar-refractivity contribution < 1.29 is 14.7 Å². The molecule has 2 N–H and O–H groups in total. The number of amides is 1. The van der Waals surface area contributed by atoms with E-state index in [2.05, 4.69) is 19.2 Å². The van der Waals surface area contributed by atoms with E-state index >= 15 is 0 Å². The van der Waals surface area contributed by atoms with Crippen LogP contribution in [0.25, 0.3) is 0 Å². The Hall–Kier alpha value is -0.360. The van der Waals surface area contributed by atoms with Crippen LogP contribution >= 0.6 is 21.6 Å². The molecule has 0 aromatic rings. The first-order valence-electron chi connectivity index (χ1n) is 5.02. The van der Waals surface area contributed by atoms with Crippen molar-refractivity contribution in [2.75, 3.05) is 6.26 Å². The summed E-state index contributed by atoms with van der Waals surface area (Å²) in [6.45, 7) is 5.60. The first-order valence-corrected chi connectivity index (χ1v) is 7.58. The molecule has 0 aromatic carbocycles. The minimum atomic E-state index is -1.01. The zero-order valence-electron chi connectivity index (χ0n) is 10.1. The van der Waals surface area contributed by atoms with Gasteiger partial charge >= 0.3 is 5.97 Å². The number of hydrogen-bond donors (Lipinski definition) is 2. The molecular formula is C10H19NO3S2. The van der Waals surface area contributed by atoms with Crippen molar-refractivity contribution in [1.29, 1.82) is 0 Å². The lowest BCUT2D eigenvalue weighted by atomic mass is 10.1. The van der Waals surface area contributed by atoms with Gasteiger partial charge in [-0.05, 0) is 33.4 Å². The molecule has 94 valence electrons. The van der Waals surface area contributed by atoms with Crippen molar-refractivity contribution in [3.63, 3.8) is 0 Å². The SMILES string of the molecule is CSSC(C)(C)CCC(=O)NC(C)C(=O)O. The fraction of sp³-hybridized carbons (Fsp3) is 0.800. The van der Waals surface area contributed by atoms with E-state index in [0.717, 1.165) is 6.42 Å². The second-order valence-electron chi connectivity index (χ2n) is 4.14. The highest BCUT2D eigenvalue weighted by atomic mass is 33.1. The second-order valence-corrected chi connectivity index (χ2v) is 7.24. The number of carboxylic acids is 1. The van der Waals surface area contributed by atoms with E-state index in [1.165, 1.54) is 6.92 Å². The Bertz CT molecular complexity index is 256. The number of nitrogens with one attached hydrogen (secondary N) is 1. The van der Waals surface area contributed by atoms with Crippen LogP contribution in [0.3, 0.4) is 0 Å². The molecule has 0 aromatic heterocycles. The summed E-state index contributed by atoms with van der Waals surface area (Å²) in [5.74, 6) is -1.21. The van der Waals surface area contributed by atoms with Gasteiger partial charge in [0.1, 0.15) is 6.04 Å². The van der Waals surface area contributed by atoms with Crippen LogP contribution in [0, 0.1) is 0 Å². The standard InChI is InChI=1S/C10H19NO3S2/c1-7(9(13)14)11-8(12)5-6-10(2,3)16-15-4/h7H,5-6H2,1-4H3,(H,11,12)(H,13,14). The van der Waals surface area contributed by atoms with Crippen LogP contribution in [-0.2, 0) is 9.59 Å². The Balaban J connectivity index is 3.94. The van der Waals surface area contributed by atoms with Crippen molar-refractivity contribution in [3.05, 3.63) is 0 Å². The van der Waals surface area contributed by atoms with Crippen LogP contribution < -0.4 is 5.32 Å². The lowest BCUT2D eigenvalue weighted by Crippen LogP contribution is -2.38. The fourth-order valence-corrected chi connectivity index (χ4v) is 3.30. The number of carbonyl (C=O) groups is 2. The summed E-state index contributed by atoms with van der Waals surface area (Å²) in [6.07, 6.45) is 3.09. The van der Waals surface area contributed by atoms with E-state index in [-0.39, 0.29) is 10.7 Å². The van der Waals surface area contributed by atoms with Gasteiger partial charge in [0.15, 0.2) is 0 Å². The highest BCUT2D eigenvalue weighted by molar-refractivity contribution is 8.76. The quantitative estimate of drug-likeness (QED) is 0.690. The van der Waals surface area contributed by atoms with Gasteiger partial charge in [-0.2, -0.15) is 0 Å². The molecular weight excluding hydrogens is 246 g/mol. The highest BCUT2D eigenvalue weighted by Crippen LogP contribution is 2.36. The zero-order chi connectivity index (χ0) is 12.8. The number of rotatable bonds is 7. The van der Waals surface area contributed by atoms with E-state index in [0.29, 0.717) is 6.42 Å². The predicted octanol–water partition coefficient (Wildman–Crippen LogP) is 2.15. The molecule has 0 bridgehead atoms. The van der Waals surface area contributed by atoms with E-state index < -0.39 is 12.0 Å². The monoisotopic (exact) mass is 265 g/mol. The number of carboxylic acid groups (broad SMARTS) is 1. The molecule has 0 radical (unpaired) electrons. The number of carbonyl (C=O) groups excluding carboxylic acids is 1. The molecule has 16 heavy (non-hydrogen) atoms. The molecule has 0 spiro atoms. The Morgan fingerprint density at radius 2 is 2.00 bits per heavy atom. The van der Waals surface area contributed by atoms with Gasteiger partial charge < -0.3 is 10.4 Å². The van der Waals surface area contributed by atoms with E-state index in [1.807, 2.05) is 6.26 Å². The van der Waals surface area contributed by atoms with Gasteiger partial charge in [-0.3, -0.25) is 9.59 Å². The van der Waals surface area contributed by atoms with Crippen molar-refractivity contribution in [2.24, 2.45) is 0 Å². The Morgan fingerprint density at radius 1 is 1.44 bits per heavy atom. The molecule has 1 unspecified atom stereocenters. The molecule has 0 aliphatic carbocycles. The second kappa shape index (κ2) is 7.06. The third-order valence-electron chi connectivity index (χ3n) is 2.01. The summed E-state index contributed by atoms with van der Waals surface area (Å²) in [4.78, 5) is 21.9. The fourth-order valence-electron chi connectivity index (χ4n) is 1.06. The molecule has 0 aliphatic heterocycles. The molecule has 0 aliphatic rings. The van der Waals surface area contributed by atoms with Crippen LogP contribution in [0.1, 0.15) is 33.6 Å². The number of aliphatic carboxylic acids is 1. The van der Waals surface area contributed by atoms with Crippen molar-refractivity contribution >= 4 is 33.5 Å². The largest absolute Gasteiger partial charge is 0.480 e. The Labute approximate surface area is 104 Å². The lowest BCUT2D eigenvalue weighted by molar-refractivity contribution is -0.141. The van der Waals surface area contributed by atoms with E-state index in [1.54, 1.807) is 21.6 Å². The van der Waals surface area contributed by atoms with E-state index in [4.69, 9.17) is 5.11 Å². The third kappa shape index (κ3) is 7.00. The molecule has 1 amide bonds. The third-order valence-corrected chi connectivity index (χ3v) is 4.69. The van der Waals surface area contributed by atoms with Crippen LogP contribution in [0.2, 0.25) is 0 Å². The maximum atomic E-state index is 11.4. The molecule has 6 heteroatoms. The molecule has 0 fully saturated rings. The topological polar surface area (TPSA) is 66.4 Å². The predicted molar refractivity (Wildman–Crippen MR) is 69.7 cm³/mol. The lowest BCUT2D eigenvalue weighted by Gasteiger charge is -2.22. The van der Waals surface area contributed by atoms with Crippen molar-refractivity contribution in [3.8, 4) is 0 Å². The smallest absolute Gasteiger partial charge is 0.325 e. The maximum Gasteiger partial charge on any atom is 0.325 e. The molecule has 0 saturated heterocycles. The van der Waals surface area contributed by atoms with Crippen LogP contribution in [0.4, 0.5) is 0 Å². The maximum absolute atomic E-state index is 11.4. The Morgan fingerprint density at radius 3 is 2.44 bits per heavy atom. The minimum Gasteiger partial charge on any atom is -0.480 e. The highest BCUT2D eigenvalue weighted by Gasteiger charge is 2.21. The van der Waals surface area contributed by atoms with Gasteiger partial charge in [-0.15, -0.1) is 0 Å². The first kappa shape index (κ1) is 15.6. The first-order chi connectivity index (χ1) is 7.28. The van der Waals surface area contributed by atoms with Gasteiger partial charge in [0, 0.05) is 11.2 Å². The van der Waals surface area contributed by atoms with E-state index in [9.17, 15) is 9.59 Å². The molecule has 4 nitrogen and oxygen atoms in total. The molecule has 0 heterocycles. The molecule has 0 saturated carbocycles. The molecule has 1 atom stereocenters. The molecule has 0 rings (SSSR count). The van der Waals surface area contributed by atoms with Gasteiger partial charge in [0.2, 0.25) is 5.91 Å². The summed E-state index contributed by atoms with van der Waals surface area (Å²) in [5, 5.41) is 11.1. The van der Waals surface area contributed by atoms with Gasteiger partial charge in [0.25, 0.3) is 0 Å². The van der Waals surface area contributed by atoms with Crippen molar-refractivity contribution in [2.45, 2.75) is 44.4 Å². The summed E-state index contributed by atoms with van der Waals surface area (Å²) >= 11 is 0. The van der Waals surface area contributed by atoms with Gasteiger partial charge in [-0.25, -0.2) is 0 Å². The van der Waals surface area contributed by atoms with Gasteiger partial charge in [0.05, 0.1) is 0 Å². The average molecular weight is 265 g/mol. The summed E-state index contributed by atoms with van der Waals surface area (Å²) < 4.78 is 0.0310. The van der Waals surface area contributed by atoms with Crippen LogP contribution in [0.15, 0.2) is 0 Å². The number of hydrogen-bond acceptors (Lipinski definition) is 4. The normalized spacial score (nSPS) is 13.2. The Kier molecular flexibility index (Phi) is 6.90. The summed E-state index contributed by atoms with van der Waals surface area (Å²) in [7, 11) is 3.39. The zero-order valence-corrected chi connectivity index (χ0v) is 11.7. The van der Waals surface area contributed by atoms with Crippen molar-refractivity contribution in [1.82, 2.24) is 5.32 Å². The summed E-state index contributed by atoms with van der Waals surface area (Å²) in [5.41, 5.74) is 0. The summed E-state index contributed by atoms with van der Waals surface area (Å²) in [6, 6.07) is -0.816. The van der Waals surface area contributed by atoms with Crippen LogP contribution in [0.5, 0.6) is 0 Å².